The van der Waals surface area contributed by atoms with Gasteiger partial charge in [-0.15, -0.1) is 0 Å². The Balaban J connectivity index is 2.30. The van der Waals surface area contributed by atoms with Crippen LogP contribution in [0.5, 0.6) is 0 Å². The molecule has 0 unspecified atom stereocenters. The predicted octanol–water partition coefficient (Wildman–Crippen LogP) is 0.298. The summed E-state index contributed by atoms with van der Waals surface area (Å²) in [5.41, 5.74) is 6.15. The van der Waals surface area contributed by atoms with Crippen molar-refractivity contribution in [1.29, 1.82) is 5.26 Å². The molecule has 0 aliphatic carbocycles. The Morgan fingerprint density at radius 2 is 2.62 bits per heavy atom. The number of nitrogen functional groups attached to an aromatic ring is 1. The summed E-state index contributed by atoms with van der Waals surface area (Å²) in [7, 11) is 0. The van der Waals surface area contributed by atoms with E-state index in [2.05, 4.69) is 5.10 Å². The summed E-state index contributed by atoms with van der Waals surface area (Å²) in [6.45, 7) is 1.38. The van der Waals surface area contributed by atoms with E-state index >= 15 is 0 Å². The van der Waals surface area contributed by atoms with Crippen molar-refractivity contribution in [2.75, 3.05) is 18.9 Å². The number of rotatable bonds is 1. The molecule has 1 aliphatic rings. The van der Waals surface area contributed by atoms with Crippen LogP contribution in [-0.2, 0) is 4.74 Å². The molecule has 0 bridgehead atoms. The molecular formula is C8H10N4O. The summed E-state index contributed by atoms with van der Waals surface area (Å²) in [6, 6.07) is 2.19. The van der Waals surface area contributed by atoms with Crippen LogP contribution in [-0.4, -0.2) is 23.0 Å². The summed E-state index contributed by atoms with van der Waals surface area (Å²) >= 11 is 0. The third-order valence-corrected chi connectivity index (χ3v) is 2.21. The zero-order valence-corrected chi connectivity index (χ0v) is 7.10. The van der Waals surface area contributed by atoms with Crippen LogP contribution in [0.2, 0.25) is 0 Å². The van der Waals surface area contributed by atoms with Crippen molar-refractivity contribution < 1.29 is 4.74 Å². The first kappa shape index (κ1) is 8.08. The molecule has 1 atom stereocenters. The number of nitrogens with zero attached hydrogens (tertiary/aromatic N) is 3. The lowest BCUT2D eigenvalue weighted by Gasteiger charge is -2.09. The van der Waals surface area contributed by atoms with Gasteiger partial charge >= 0.3 is 0 Å². The van der Waals surface area contributed by atoms with Gasteiger partial charge in [0, 0.05) is 6.61 Å². The first-order valence-electron chi connectivity index (χ1n) is 4.13. The maximum atomic E-state index is 8.66. The molecule has 5 heteroatoms. The van der Waals surface area contributed by atoms with Gasteiger partial charge in [-0.1, -0.05) is 0 Å². The fourth-order valence-electron chi connectivity index (χ4n) is 1.46. The van der Waals surface area contributed by atoms with Crippen molar-refractivity contribution in [3.63, 3.8) is 0 Å². The van der Waals surface area contributed by atoms with Crippen LogP contribution in [0.1, 0.15) is 18.0 Å². The molecular weight excluding hydrogens is 168 g/mol. The Labute approximate surface area is 75.7 Å². The van der Waals surface area contributed by atoms with E-state index in [0.717, 1.165) is 13.0 Å². The number of ether oxygens (including phenoxy) is 1. The van der Waals surface area contributed by atoms with E-state index in [1.165, 1.54) is 6.20 Å². The molecule has 1 aliphatic heterocycles. The fourth-order valence-corrected chi connectivity index (χ4v) is 1.46. The Kier molecular flexibility index (Phi) is 1.91. The predicted molar refractivity (Wildman–Crippen MR) is 45.8 cm³/mol. The minimum absolute atomic E-state index is 0.196. The molecule has 1 aromatic rings. The maximum Gasteiger partial charge on any atom is 0.140 e. The highest BCUT2D eigenvalue weighted by Crippen LogP contribution is 2.22. The Hall–Kier alpha value is -1.54. The zero-order valence-electron chi connectivity index (χ0n) is 7.10. The lowest BCUT2D eigenvalue weighted by Crippen LogP contribution is -2.13. The molecule has 1 fully saturated rings. The second-order valence-corrected chi connectivity index (χ2v) is 3.02. The average molecular weight is 178 g/mol. The molecule has 1 saturated heterocycles. The Morgan fingerprint density at radius 3 is 3.15 bits per heavy atom. The number of hydrogen-bond donors (Lipinski definition) is 1. The summed E-state index contributed by atoms with van der Waals surface area (Å²) < 4.78 is 6.88. The van der Waals surface area contributed by atoms with E-state index in [1.807, 2.05) is 6.07 Å². The fraction of sp³-hybridized carbons (Fsp3) is 0.500. The average Bonchev–Trinajstić information content (AvgIpc) is 2.72. The van der Waals surface area contributed by atoms with Crippen LogP contribution in [0, 0.1) is 11.3 Å². The van der Waals surface area contributed by atoms with Crippen molar-refractivity contribution in [2.24, 2.45) is 0 Å². The van der Waals surface area contributed by atoms with E-state index in [9.17, 15) is 0 Å². The lowest BCUT2D eigenvalue weighted by molar-refractivity contribution is 0.185. The normalized spacial score (nSPS) is 21.6. The molecule has 2 N–H and O–H groups in total. The monoisotopic (exact) mass is 178 g/mol. The van der Waals surface area contributed by atoms with Crippen LogP contribution < -0.4 is 5.73 Å². The van der Waals surface area contributed by atoms with Crippen molar-refractivity contribution in [1.82, 2.24) is 9.78 Å². The SMILES string of the molecule is N#Cc1cnn([C@H]2CCOC2)c1N. The van der Waals surface area contributed by atoms with Crippen molar-refractivity contribution in [3.8, 4) is 6.07 Å². The standard InChI is InChI=1S/C8H10N4O/c9-3-6-4-11-12(8(6)10)7-1-2-13-5-7/h4,7H,1-2,5,10H2/t7-/m0/s1. The van der Waals surface area contributed by atoms with Gasteiger partial charge in [-0.3, -0.25) is 0 Å². The first-order chi connectivity index (χ1) is 6.33. The lowest BCUT2D eigenvalue weighted by atomic mass is 10.2. The van der Waals surface area contributed by atoms with Gasteiger partial charge in [0.15, 0.2) is 0 Å². The molecule has 1 aromatic heterocycles. The largest absolute Gasteiger partial charge is 0.383 e. The summed E-state index contributed by atoms with van der Waals surface area (Å²) in [4.78, 5) is 0. The molecule has 68 valence electrons. The molecule has 2 heterocycles. The highest BCUT2D eigenvalue weighted by atomic mass is 16.5. The Bertz CT molecular complexity index is 346. The molecule has 13 heavy (non-hydrogen) atoms. The molecule has 0 saturated carbocycles. The van der Waals surface area contributed by atoms with Crippen LogP contribution in [0.15, 0.2) is 6.20 Å². The Morgan fingerprint density at radius 1 is 1.77 bits per heavy atom. The second kappa shape index (κ2) is 3.07. The number of nitriles is 1. The van der Waals surface area contributed by atoms with Crippen LogP contribution in [0.4, 0.5) is 5.82 Å². The van der Waals surface area contributed by atoms with E-state index in [1.54, 1.807) is 4.68 Å². The molecule has 2 rings (SSSR count). The van der Waals surface area contributed by atoms with Crippen molar-refractivity contribution in [3.05, 3.63) is 11.8 Å². The summed E-state index contributed by atoms with van der Waals surface area (Å²) in [6.07, 6.45) is 2.41. The minimum Gasteiger partial charge on any atom is -0.383 e. The van der Waals surface area contributed by atoms with Gasteiger partial charge in [0.1, 0.15) is 17.5 Å². The van der Waals surface area contributed by atoms with E-state index < -0.39 is 0 Å². The molecule has 0 aromatic carbocycles. The third-order valence-electron chi connectivity index (χ3n) is 2.21. The van der Waals surface area contributed by atoms with E-state index in [-0.39, 0.29) is 6.04 Å². The molecule has 0 spiro atoms. The highest BCUT2D eigenvalue weighted by Gasteiger charge is 2.21. The third kappa shape index (κ3) is 1.25. The number of hydrogen-bond acceptors (Lipinski definition) is 4. The summed E-state index contributed by atoms with van der Waals surface area (Å²) in [5, 5.41) is 12.7. The topological polar surface area (TPSA) is 76.9 Å². The van der Waals surface area contributed by atoms with Crippen LogP contribution >= 0.6 is 0 Å². The van der Waals surface area contributed by atoms with Gasteiger partial charge in [-0.05, 0) is 6.42 Å². The molecule has 5 nitrogen and oxygen atoms in total. The van der Waals surface area contributed by atoms with Gasteiger partial charge in [0.05, 0.1) is 18.8 Å². The van der Waals surface area contributed by atoms with E-state index in [0.29, 0.717) is 18.0 Å². The number of anilines is 1. The second-order valence-electron chi connectivity index (χ2n) is 3.02. The van der Waals surface area contributed by atoms with Gasteiger partial charge < -0.3 is 10.5 Å². The van der Waals surface area contributed by atoms with Crippen molar-refractivity contribution >= 4 is 5.82 Å². The van der Waals surface area contributed by atoms with Gasteiger partial charge in [0.25, 0.3) is 0 Å². The first-order valence-corrected chi connectivity index (χ1v) is 4.13. The van der Waals surface area contributed by atoms with Crippen LogP contribution in [0.25, 0.3) is 0 Å². The van der Waals surface area contributed by atoms with Crippen molar-refractivity contribution in [2.45, 2.75) is 12.5 Å². The molecule has 0 radical (unpaired) electrons. The quantitative estimate of drug-likeness (QED) is 0.670. The van der Waals surface area contributed by atoms with Gasteiger partial charge in [-0.25, -0.2) is 4.68 Å². The van der Waals surface area contributed by atoms with Crippen LogP contribution in [0.3, 0.4) is 0 Å². The number of aromatic nitrogens is 2. The van der Waals surface area contributed by atoms with E-state index in [4.69, 9.17) is 15.7 Å². The van der Waals surface area contributed by atoms with Gasteiger partial charge in [-0.2, -0.15) is 10.4 Å². The zero-order chi connectivity index (χ0) is 9.26. The smallest absolute Gasteiger partial charge is 0.140 e. The van der Waals surface area contributed by atoms with Gasteiger partial charge in [0.2, 0.25) is 0 Å². The minimum atomic E-state index is 0.196. The molecule has 0 amide bonds. The maximum absolute atomic E-state index is 8.66. The highest BCUT2D eigenvalue weighted by molar-refractivity contribution is 5.47. The summed E-state index contributed by atoms with van der Waals surface area (Å²) in [5.74, 6) is 0.443. The number of nitrogens with two attached hydrogens (primary N) is 1.